The van der Waals surface area contributed by atoms with Crippen LogP contribution in [0, 0.1) is 0 Å². The molecule has 0 aliphatic carbocycles. The van der Waals surface area contributed by atoms with E-state index in [9.17, 15) is 0 Å². The third-order valence-electron chi connectivity index (χ3n) is 9.45. The molecule has 0 fully saturated rings. The number of hydrogen-bond acceptors (Lipinski definition) is 0. The predicted octanol–water partition coefficient (Wildman–Crippen LogP) is 9.35. The molecule has 8 heteroatoms. The van der Waals surface area contributed by atoms with E-state index in [2.05, 4.69) is 217 Å². The van der Waals surface area contributed by atoms with Gasteiger partial charge in [0.25, 0.3) is 0 Å². The van der Waals surface area contributed by atoms with Crippen molar-refractivity contribution < 1.29 is 0 Å². The van der Waals surface area contributed by atoms with Crippen molar-refractivity contribution in [3.8, 4) is 0 Å². The Hall–Kier alpha value is -4.60. The number of halogens is 4. The first-order valence-electron chi connectivity index (χ1n) is 16.7. The minimum Gasteiger partial charge on any atom is -0.354 e. The smallest absolute Gasteiger partial charge is 0.0486 e. The number of rotatable bonds is 4. The van der Waals surface area contributed by atoms with E-state index < -0.39 is 0 Å². The molecular weight excluding hydrogens is 904 g/mol. The fourth-order valence-electron chi connectivity index (χ4n) is 7.17. The number of hydrogen-bond donors (Lipinski definition) is 4. The summed E-state index contributed by atoms with van der Waals surface area (Å²) in [6.45, 7) is 0. The van der Waals surface area contributed by atoms with Gasteiger partial charge in [0, 0.05) is 95.5 Å². The number of H-pyrrole nitrogens is 4. The Kier molecular flexibility index (Phi) is 8.79. The second kappa shape index (κ2) is 13.7. The van der Waals surface area contributed by atoms with Crippen molar-refractivity contribution in [3.63, 3.8) is 0 Å². The van der Waals surface area contributed by atoms with Crippen LogP contribution in [0.1, 0.15) is 45.0 Å². The predicted molar refractivity (Wildman–Crippen MR) is 225 cm³/mol. The Balaban J connectivity index is 1.47. The molecule has 1 aliphatic heterocycles. The molecule has 0 atom stereocenters. The topological polar surface area (TPSA) is 63.2 Å². The molecule has 4 aromatic heterocycles. The average molecular weight is 932 g/mol. The second-order valence-corrected chi connectivity index (χ2v) is 16.0. The molecule has 9 rings (SSSR count). The molecule has 4 nitrogen and oxygen atoms in total. The summed E-state index contributed by atoms with van der Waals surface area (Å²) in [5, 5.41) is 3.96. The van der Waals surface area contributed by atoms with E-state index in [4.69, 9.17) is 0 Å². The highest BCUT2D eigenvalue weighted by atomic mass is 79.9. The summed E-state index contributed by atoms with van der Waals surface area (Å²) in [6.07, 6.45) is 0. The lowest BCUT2D eigenvalue weighted by molar-refractivity contribution is 1.18. The lowest BCUT2D eigenvalue weighted by Gasteiger charge is -2.12. The quantitative estimate of drug-likeness (QED) is 0.136. The average Bonchev–Trinajstić information content (AvgIpc) is 3.99. The molecular formula is C44H28Br4N4. The van der Waals surface area contributed by atoms with Gasteiger partial charge in [0.05, 0.1) is 0 Å². The zero-order chi connectivity index (χ0) is 35.3. The Morgan fingerprint density at radius 1 is 0.269 bits per heavy atom. The summed E-state index contributed by atoms with van der Waals surface area (Å²) in [5.41, 5.74) is 12.5. The number of nitrogens with one attached hydrogen (secondary N) is 4. The van der Waals surface area contributed by atoms with Crippen molar-refractivity contribution in [2.24, 2.45) is 0 Å². The molecule has 0 saturated carbocycles. The maximum absolute atomic E-state index is 3.89. The zero-order valence-electron chi connectivity index (χ0n) is 27.4. The first-order valence-corrected chi connectivity index (χ1v) is 19.9. The van der Waals surface area contributed by atoms with Crippen LogP contribution in [0.5, 0.6) is 0 Å². The van der Waals surface area contributed by atoms with Crippen molar-refractivity contribution in [1.29, 1.82) is 0 Å². The zero-order valence-corrected chi connectivity index (χ0v) is 33.7. The van der Waals surface area contributed by atoms with Gasteiger partial charge in [-0.15, -0.1) is 0 Å². The van der Waals surface area contributed by atoms with Crippen molar-refractivity contribution in [2.45, 2.75) is 0 Å². The lowest BCUT2D eigenvalue weighted by Crippen LogP contribution is -2.19. The lowest BCUT2D eigenvalue weighted by atomic mass is 10.0. The normalized spacial score (nSPS) is 12.8. The van der Waals surface area contributed by atoms with Gasteiger partial charge in [0.2, 0.25) is 0 Å². The SMILES string of the molecule is Brc1cccc(Br)c1C1=c2ccc([nH]2)=C(c2ccccc2)c2ccc([nH]2)C(c2c(Br)cccc2Br)=c2ccc([nH]2)=C(c2ccccc2)c2ccc1[nH]2. The number of benzene rings is 4. The highest BCUT2D eigenvalue weighted by Crippen LogP contribution is 2.36. The van der Waals surface area contributed by atoms with Crippen LogP contribution in [-0.2, 0) is 0 Å². The van der Waals surface area contributed by atoms with Crippen molar-refractivity contribution in [2.75, 3.05) is 0 Å². The number of fused-ring (bicyclic) bond motifs is 8. The van der Waals surface area contributed by atoms with Gasteiger partial charge in [-0.25, -0.2) is 0 Å². The summed E-state index contributed by atoms with van der Waals surface area (Å²) < 4.78 is 3.95. The Morgan fingerprint density at radius 2 is 0.577 bits per heavy atom. The van der Waals surface area contributed by atoms with E-state index in [1.165, 1.54) is 0 Å². The summed E-state index contributed by atoms with van der Waals surface area (Å²) in [4.78, 5) is 15.4. The van der Waals surface area contributed by atoms with Gasteiger partial charge in [-0.2, -0.15) is 0 Å². The van der Waals surface area contributed by atoms with Crippen LogP contribution in [0.15, 0.2) is 163 Å². The minimum atomic E-state index is 0.983. The van der Waals surface area contributed by atoms with E-state index >= 15 is 0 Å². The first kappa shape index (κ1) is 33.3. The monoisotopic (exact) mass is 928 g/mol. The van der Waals surface area contributed by atoms with Gasteiger partial charge in [-0.3, -0.25) is 0 Å². The fourth-order valence-corrected chi connectivity index (χ4v) is 9.96. The Labute approximate surface area is 333 Å². The van der Waals surface area contributed by atoms with Crippen LogP contribution in [-0.4, -0.2) is 19.9 Å². The van der Waals surface area contributed by atoms with E-state index in [0.717, 1.165) is 107 Å². The van der Waals surface area contributed by atoms with Crippen LogP contribution >= 0.6 is 63.7 Å². The molecule has 4 N–H and O–H groups in total. The number of aromatic amines is 4. The van der Waals surface area contributed by atoms with E-state index in [1.54, 1.807) is 0 Å². The summed E-state index contributed by atoms with van der Waals surface area (Å²) >= 11 is 15.6. The van der Waals surface area contributed by atoms with Crippen molar-refractivity contribution >= 4 is 86.0 Å². The van der Waals surface area contributed by atoms with Gasteiger partial charge in [0.15, 0.2) is 0 Å². The summed E-state index contributed by atoms with van der Waals surface area (Å²) in [5.74, 6) is 0. The van der Waals surface area contributed by atoms with E-state index in [1.807, 2.05) is 12.1 Å². The van der Waals surface area contributed by atoms with Crippen LogP contribution in [0.25, 0.3) is 22.3 Å². The van der Waals surface area contributed by atoms with Gasteiger partial charge < -0.3 is 19.9 Å². The maximum atomic E-state index is 3.89. The van der Waals surface area contributed by atoms with Crippen LogP contribution in [0.4, 0.5) is 0 Å². The summed E-state index contributed by atoms with van der Waals surface area (Å²) in [6, 6.07) is 50.9. The Bertz CT molecular complexity index is 2650. The van der Waals surface area contributed by atoms with Crippen LogP contribution in [0.2, 0.25) is 0 Å². The van der Waals surface area contributed by atoms with Crippen LogP contribution in [0.3, 0.4) is 0 Å². The minimum absolute atomic E-state index is 0.983. The molecule has 0 saturated heterocycles. The number of aromatic nitrogens is 4. The Morgan fingerprint density at radius 3 is 0.923 bits per heavy atom. The van der Waals surface area contributed by atoms with E-state index in [-0.39, 0.29) is 0 Å². The third-order valence-corrected chi connectivity index (χ3v) is 12.1. The standard InChI is InChI=1S/C44H28Br4N4/c45-27-13-7-14-28(46)41(27)43-35-21-17-31(49-35)39(25-9-3-1-4-10-25)32-18-22-36(50-32)44(42-29(47)15-8-16-30(42)48)38-24-20-34(52-38)40(26-11-5-2-6-12-26)33-19-23-37(43)51-33/h1-24,49-52H. The highest BCUT2D eigenvalue weighted by Gasteiger charge is 2.21. The van der Waals surface area contributed by atoms with Crippen molar-refractivity contribution in [1.82, 2.24) is 19.9 Å². The summed E-state index contributed by atoms with van der Waals surface area (Å²) in [7, 11) is 0. The fraction of sp³-hybridized carbons (Fsp3) is 0. The second-order valence-electron chi connectivity index (χ2n) is 12.6. The molecule has 0 spiro atoms. The highest BCUT2D eigenvalue weighted by molar-refractivity contribution is 9.11. The van der Waals surface area contributed by atoms with Gasteiger partial charge >= 0.3 is 0 Å². The van der Waals surface area contributed by atoms with Gasteiger partial charge in [-0.1, -0.05) is 137 Å². The third kappa shape index (κ3) is 5.88. The molecule has 252 valence electrons. The van der Waals surface area contributed by atoms with Gasteiger partial charge in [-0.05, 0) is 83.9 Å². The molecule has 1 aliphatic rings. The molecule has 4 aromatic carbocycles. The largest absolute Gasteiger partial charge is 0.354 e. The molecule has 0 amide bonds. The maximum Gasteiger partial charge on any atom is 0.0486 e. The first-order chi connectivity index (χ1) is 25.4. The molecule has 0 radical (unpaired) electrons. The molecule has 8 bridgehead atoms. The molecule has 0 unspecified atom stereocenters. The van der Waals surface area contributed by atoms with E-state index in [0.29, 0.717) is 0 Å². The van der Waals surface area contributed by atoms with Crippen molar-refractivity contribution in [3.05, 3.63) is 230 Å². The molecule has 52 heavy (non-hydrogen) atoms. The molecule has 5 heterocycles. The van der Waals surface area contributed by atoms with Gasteiger partial charge in [0.1, 0.15) is 0 Å². The van der Waals surface area contributed by atoms with Crippen LogP contribution < -0.4 is 21.4 Å². The molecule has 8 aromatic rings.